The number of ether oxygens (including phenoxy) is 1. The molecule has 2 nitrogen and oxygen atoms in total. The third-order valence-corrected chi connectivity index (χ3v) is 4.44. The second kappa shape index (κ2) is 5.31. The summed E-state index contributed by atoms with van der Waals surface area (Å²) in [4.78, 5) is 0. The van der Waals surface area contributed by atoms with Gasteiger partial charge >= 0.3 is 0 Å². The van der Waals surface area contributed by atoms with Gasteiger partial charge in [0.25, 0.3) is 0 Å². The molecule has 2 heteroatoms. The highest BCUT2D eigenvalue weighted by Crippen LogP contribution is 2.39. The Bertz CT molecular complexity index is 394. The maximum atomic E-state index is 10.3. The zero-order chi connectivity index (χ0) is 12.4. The molecule has 0 aromatic heterocycles. The van der Waals surface area contributed by atoms with E-state index < -0.39 is 0 Å². The van der Waals surface area contributed by atoms with Crippen LogP contribution in [0.15, 0.2) is 24.3 Å². The molecule has 1 heterocycles. The maximum Gasteiger partial charge on any atom is 0.125 e. The average molecular weight is 246 g/mol. The van der Waals surface area contributed by atoms with Crippen LogP contribution in [-0.2, 0) is 0 Å². The van der Waals surface area contributed by atoms with E-state index in [1.54, 1.807) is 0 Å². The minimum atomic E-state index is -0.344. The largest absolute Gasteiger partial charge is 0.490 e. The predicted octanol–water partition coefficient (Wildman–Crippen LogP) is 3.84. The molecule has 3 rings (SSSR count). The highest BCUT2D eigenvalue weighted by molar-refractivity contribution is 5.37. The van der Waals surface area contributed by atoms with Gasteiger partial charge in [0.1, 0.15) is 11.9 Å². The summed E-state index contributed by atoms with van der Waals surface area (Å²) in [5.41, 5.74) is 0.961. The van der Waals surface area contributed by atoms with Gasteiger partial charge in [-0.3, -0.25) is 0 Å². The Balaban J connectivity index is 1.76. The van der Waals surface area contributed by atoms with Crippen LogP contribution in [0.4, 0.5) is 0 Å². The fourth-order valence-corrected chi connectivity index (χ4v) is 3.39. The molecule has 2 atom stereocenters. The predicted molar refractivity (Wildman–Crippen MR) is 71.6 cm³/mol. The van der Waals surface area contributed by atoms with Gasteiger partial charge in [-0.1, -0.05) is 43.9 Å². The lowest BCUT2D eigenvalue weighted by atomic mass is 9.87. The van der Waals surface area contributed by atoms with Crippen molar-refractivity contribution < 1.29 is 9.84 Å². The van der Waals surface area contributed by atoms with Crippen LogP contribution < -0.4 is 4.74 Å². The molecule has 18 heavy (non-hydrogen) atoms. The summed E-state index contributed by atoms with van der Waals surface area (Å²) < 4.78 is 6.14. The van der Waals surface area contributed by atoms with Crippen LogP contribution >= 0.6 is 0 Å². The summed E-state index contributed by atoms with van der Waals surface area (Å²) in [6.45, 7) is 0. The van der Waals surface area contributed by atoms with Gasteiger partial charge in [0, 0.05) is 12.0 Å². The quantitative estimate of drug-likeness (QED) is 0.763. The van der Waals surface area contributed by atoms with Crippen molar-refractivity contribution in [3.05, 3.63) is 29.8 Å². The molecular formula is C16H22O2. The monoisotopic (exact) mass is 246 g/mol. The summed E-state index contributed by atoms with van der Waals surface area (Å²) in [6.07, 6.45) is 8.53. The van der Waals surface area contributed by atoms with Gasteiger partial charge in [0.05, 0.1) is 6.10 Å². The van der Waals surface area contributed by atoms with E-state index >= 15 is 0 Å². The molecule has 1 aliphatic carbocycles. The van der Waals surface area contributed by atoms with Gasteiger partial charge in [-0.25, -0.2) is 0 Å². The molecule has 1 aromatic carbocycles. The summed E-state index contributed by atoms with van der Waals surface area (Å²) in [5.74, 6) is 1.53. The standard InChI is InChI=1S/C16H22O2/c17-14-11-16(12-7-3-1-2-4-8-12)18-15-10-6-5-9-13(14)15/h5-6,9-10,12,14,16-17H,1-4,7-8,11H2/t14-,16?/m0/s1. The molecular weight excluding hydrogens is 224 g/mol. The lowest BCUT2D eigenvalue weighted by molar-refractivity contribution is 0.0297. The summed E-state index contributed by atoms with van der Waals surface area (Å²) in [5, 5.41) is 10.3. The van der Waals surface area contributed by atoms with E-state index in [0.29, 0.717) is 5.92 Å². The molecule has 2 aliphatic rings. The number of rotatable bonds is 1. The average Bonchev–Trinajstić information content (AvgIpc) is 2.67. The van der Waals surface area contributed by atoms with E-state index in [9.17, 15) is 5.11 Å². The molecule has 0 amide bonds. The Labute approximate surface area is 109 Å². The lowest BCUT2D eigenvalue weighted by Gasteiger charge is -2.34. The normalized spacial score (nSPS) is 29.2. The molecule has 0 saturated heterocycles. The van der Waals surface area contributed by atoms with E-state index in [4.69, 9.17) is 4.74 Å². The first-order chi connectivity index (χ1) is 8.84. The second-order valence-electron chi connectivity index (χ2n) is 5.70. The summed E-state index contributed by atoms with van der Waals surface area (Å²) in [6, 6.07) is 7.92. The zero-order valence-electron chi connectivity index (χ0n) is 10.8. The van der Waals surface area contributed by atoms with Crippen molar-refractivity contribution in [2.45, 2.75) is 57.2 Å². The van der Waals surface area contributed by atoms with E-state index in [1.165, 1.54) is 38.5 Å². The molecule has 1 aliphatic heterocycles. The molecule has 98 valence electrons. The Morgan fingerprint density at radius 1 is 1.00 bits per heavy atom. The van der Waals surface area contributed by atoms with E-state index in [2.05, 4.69) is 0 Å². The van der Waals surface area contributed by atoms with Crippen LogP contribution in [0.2, 0.25) is 0 Å². The number of aliphatic hydroxyl groups excluding tert-OH is 1. The van der Waals surface area contributed by atoms with Crippen molar-refractivity contribution in [3.8, 4) is 5.75 Å². The maximum absolute atomic E-state index is 10.3. The van der Waals surface area contributed by atoms with Gasteiger partial charge < -0.3 is 9.84 Å². The van der Waals surface area contributed by atoms with Crippen LogP contribution in [0.5, 0.6) is 5.75 Å². The van der Waals surface area contributed by atoms with E-state index in [0.717, 1.165) is 17.7 Å². The second-order valence-corrected chi connectivity index (χ2v) is 5.70. The van der Waals surface area contributed by atoms with Crippen LogP contribution in [0.1, 0.15) is 56.6 Å². The van der Waals surface area contributed by atoms with E-state index in [1.807, 2.05) is 24.3 Å². The molecule has 1 saturated carbocycles. The van der Waals surface area contributed by atoms with Crippen molar-refractivity contribution in [2.24, 2.45) is 5.92 Å². The molecule has 1 fully saturated rings. The summed E-state index contributed by atoms with van der Waals surface area (Å²) >= 11 is 0. The van der Waals surface area contributed by atoms with Crippen LogP contribution in [-0.4, -0.2) is 11.2 Å². The minimum Gasteiger partial charge on any atom is -0.490 e. The first kappa shape index (κ1) is 12.0. The van der Waals surface area contributed by atoms with E-state index in [-0.39, 0.29) is 12.2 Å². The molecule has 0 spiro atoms. The number of para-hydroxylation sites is 1. The Morgan fingerprint density at radius 2 is 1.72 bits per heavy atom. The van der Waals surface area contributed by atoms with Gasteiger partial charge in [-0.05, 0) is 24.8 Å². The third kappa shape index (κ3) is 2.39. The molecule has 1 N–H and O–H groups in total. The fourth-order valence-electron chi connectivity index (χ4n) is 3.39. The van der Waals surface area contributed by atoms with Gasteiger partial charge in [-0.15, -0.1) is 0 Å². The number of benzene rings is 1. The highest BCUT2D eigenvalue weighted by Gasteiger charge is 2.32. The number of hydrogen-bond donors (Lipinski definition) is 1. The van der Waals surface area contributed by atoms with Crippen molar-refractivity contribution in [3.63, 3.8) is 0 Å². The molecule has 1 aromatic rings. The zero-order valence-corrected chi connectivity index (χ0v) is 10.8. The van der Waals surface area contributed by atoms with Crippen molar-refractivity contribution in [2.75, 3.05) is 0 Å². The van der Waals surface area contributed by atoms with Crippen molar-refractivity contribution >= 4 is 0 Å². The first-order valence-corrected chi connectivity index (χ1v) is 7.28. The summed E-state index contributed by atoms with van der Waals surface area (Å²) in [7, 11) is 0. The fraction of sp³-hybridized carbons (Fsp3) is 0.625. The molecule has 1 unspecified atom stereocenters. The lowest BCUT2D eigenvalue weighted by Crippen LogP contribution is -2.32. The molecule has 0 bridgehead atoms. The first-order valence-electron chi connectivity index (χ1n) is 7.28. The third-order valence-electron chi connectivity index (χ3n) is 4.44. The van der Waals surface area contributed by atoms with Crippen molar-refractivity contribution in [1.29, 1.82) is 0 Å². The number of aliphatic hydroxyl groups is 1. The Hall–Kier alpha value is -1.02. The van der Waals surface area contributed by atoms with Crippen LogP contribution in [0.3, 0.4) is 0 Å². The van der Waals surface area contributed by atoms with Crippen LogP contribution in [0.25, 0.3) is 0 Å². The number of fused-ring (bicyclic) bond motifs is 1. The van der Waals surface area contributed by atoms with Gasteiger partial charge in [0.15, 0.2) is 0 Å². The highest BCUT2D eigenvalue weighted by atomic mass is 16.5. The smallest absolute Gasteiger partial charge is 0.125 e. The van der Waals surface area contributed by atoms with Gasteiger partial charge in [0.2, 0.25) is 0 Å². The van der Waals surface area contributed by atoms with Crippen molar-refractivity contribution in [1.82, 2.24) is 0 Å². The Kier molecular flexibility index (Phi) is 3.55. The minimum absolute atomic E-state index is 0.216. The molecule has 0 radical (unpaired) electrons. The SMILES string of the molecule is O[C@H]1CC(C2CCCCCC2)Oc2ccccc21. The Morgan fingerprint density at radius 3 is 2.50 bits per heavy atom. The topological polar surface area (TPSA) is 29.5 Å². The van der Waals surface area contributed by atoms with Gasteiger partial charge in [-0.2, -0.15) is 0 Å². The van der Waals surface area contributed by atoms with Crippen LogP contribution in [0, 0.1) is 5.92 Å². The number of hydrogen-bond acceptors (Lipinski definition) is 2.